The highest BCUT2D eigenvalue weighted by Crippen LogP contribution is 2.35. The van der Waals surface area contributed by atoms with E-state index in [9.17, 15) is 19.8 Å². The molecular weight excluding hydrogens is 715 g/mol. The summed E-state index contributed by atoms with van der Waals surface area (Å²) in [6, 6.07) is 0.625. The zero-order chi connectivity index (χ0) is 47.4. The van der Waals surface area contributed by atoms with Crippen LogP contribution >= 0.6 is 23.2 Å². The number of aromatic nitrogens is 2. The summed E-state index contributed by atoms with van der Waals surface area (Å²) in [5, 5.41) is 28.8. The molecule has 272 valence electrons. The molecule has 0 saturated carbocycles. The van der Waals surface area contributed by atoms with Crippen molar-refractivity contribution in [2.45, 2.75) is 58.7 Å². The molecular formula is C40H38Cl2N6O5. The smallest absolute Gasteiger partial charge is 0.269 e. The van der Waals surface area contributed by atoms with E-state index in [4.69, 9.17) is 54.5 Å². The van der Waals surface area contributed by atoms with E-state index < -0.39 is 102 Å². The number of aliphatic hydroxyl groups excluding tert-OH is 2. The van der Waals surface area contributed by atoms with Crippen LogP contribution in [0.4, 0.5) is 11.4 Å². The predicted octanol–water partition coefficient (Wildman–Crippen LogP) is 8.16. The number of amides is 2. The number of halogens is 2. The maximum absolute atomic E-state index is 12.6. The van der Waals surface area contributed by atoms with Gasteiger partial charge >= 0.3 is 0 Å². The number of rotatable bonds is 10. The SMILES string of the molecule is [2H]c1c([2H])c([2H])c(-c2nnc([C@H](Cc3ccc([N+]#[C-])c(Cl)c3C)[C@H](C)O)o2)c([2H])c1[2H].[2H]c1c([2H])c([2H])c(C(=O)NNC(=O)[C@H](Cc2ccc([N+]#[C-])c(Cl)c2C)[C@H](C)O)c([2H])c1[2H]. The molecule has 13 heteroatoms. The lowest BCUT2D eigenvalue weighted by atomic mass is 9.91. The molecule has 1 heterocycles. The van der Waals surface area contributed by atoms with E-state index in [0.717, 1.165) is 5.56 Å². The molecule has 0 radical (unpaired) electrons. The first-order chi connectivity index (χ1) is 29.5. The molecule has 0 aliphatic rings. The zero-order valence-corrected chi connectivity index (χ0v) is 30.2. The second-order valence-electron chi connectivity index (χ2n) is 11.6. The number of benzene rings is 4. The fourth-order valence-electron chi connectivity index (χ4n) is 4.94. The van der Waals surface area contributed by atoms with E-state index in [2.05, 4.69) is 25.3 Å². The lowest BCUT2D eigenvalue weighted by molar-refractivity contribution is -0.128. The van der Waals surface area contributed by atoms with Gasteiger partial charge in [0.05, 0.1) is 60.9 Å². The summed E-state index contributed by atoms with van der Waals surface area (Å²) in [6.07, 6.45) is -1.68. The first kappa shape index (κ1) is 28.0. The Hall–Kier alpha value is -5.56. The van der Waals surface area contributed by atoms with Crippen LogP contribution in [-0.4, -0.2) is 44.4 Å². The molecule has 0 spiro atoms. The minimum Gasteiger partial charge on any atom is -0.420 e. The van der Waals surface area contributed by atoms with Crippen molar-refractivity contribution < 1.29 is 37.9 Å². The average molecular weight is 764 g/mol. The van der Waals surface area contributed by atoms with Crippen molar-refractivity contribution >= 4 is 46.4 Å². The van der Waals surface area contributed by atoms with E-state index in [1.165, 1.54) is 13.0 Å². The highest BCUT2D eigenvalue weighted by Gasteiger charge is 2.27. The zero-order valence-electron chi connectivity index (χ0n) is 38.7. The van der Waals surface area contributed by atoms with Gasteiger partial charge in [0.25, 0.3) is 5.91 Å². The third-order valence-electron chi connectivity index (χ3n) is 8.08. The van der Waals surface area contributed by atoms with Crippen molar-refractivity contribution in [1.82, 2.24) is 21.0 Å². The van der Waals surface area contributed by atoms with Gasteiger partial charge in [-0.05, 0) is 87.0 Å². The molecule has 11 nitrogen and oxygen atoms in total. The third kappa shape index (κ3) is 10.3. The van der Waals surface area contributed by atoms with E-state index in [0.29, 0.717) is 27.4 Å². The minimum atomic E-state index is -1.12. The summed E-state index contributed by atoms with van der Waals surface area (Å²) in [6.45, 7) is 20.7. The Balaban J connectivity index is 0.000000277. The summed E-state index contributed by atoms with van der Waals surface area (Å²) in [4.78, 5) is 31.7. The van der Waals surface area contributed by atoms with Gasteiger partial charge in [0.2, 0.25) is 29.1 Å². The van der Waals surface area contributed by atoms with Crippen LogP contribution < -0.4 is 10.9 Å². The van der Waals surface area contributed by atoms with Gasteiger partial charge in [0.15, 0.2) is 0 Å². The molecule has 0 unspecified atom stereocenters. The van der Waals surface area contributed by atoms with Crippen LogP contribution in [0.3, 0.4) is 0 Å². The monoisotopic (exact) mass is 762 g/mol. The predicted molar refractivity (Wildman–Crippen MR) is 204 cm³/mol. The molecule has 5 aromatic rings. The highest BCUT2D eigenvalue weighted by atomic mass is 35.5. The van der Waals surface area contributed by atoms with E-state index in [1.54, 1.807) is 39.0 Å². The van der Waals surface area contributed by atoms with Crippen LogP contribution in [0.2, 0.25) is 10.0 Å². The Morgan fingerprint density at radius 3 is 1.85 bits per heavy atom. The number of carbonyl (C=O) groups is 2. The van der Waals surface area contributed by atoms with Crippen LogP contribution in [0.15, 0.2) is 89.1 Å². The highest BCUT2D eigenvalue weighted by molar-refractivity contribution is 6.34. The number of hydrogen-bond acceptors (Lipinski definition) is 7. The molecule has 4 aromatic carbocycles. The van der Waals surface area contributed by atoms with Crippen molar-refractivity contribution in [3.63, 3.8) is 0 Å². The molecule has 5 rings (SSSR count). The summed E-state index contributed by atoms with van der Waals surface area (Å²) in [5.41, 5.74) is 6.63. The van der Waals surface area contributed by atoms with Crippen LogP contribution in [0, 0.1) is 32.9 Å². The maximum atomic E-state index is 12.6. The Morgan fingerprint density at radius 1 is 0.811 bits per heavy atom. The summed E-state index contributed by atoms with van der Waals surface area (Å²) >= 11 is 12.4. The lowest BCUT2D eigenvalue weighted by Crippen LogP contribution is -2.47. The van der Waals surface area contributed by atoms with Gasteiger partial charge in [-0.2, -0.15) is 0 Å². The number of hydrogen-bond donors (Lipinski definition) is 4. The fraction of sp³-hybridized carbons (Fsp3) is 0.250. The number of nitrogens with one attached hydrogen (secondary N) is 2. The number of aliphatic hydroxyl groups is 2. The van der Waals surface area contributed by atoms with Gasteiger partial charge in [-0.1, -0.05) is 83.7 Å². The molecule has 0 saturated heterocycles. The van der Waals surface area contributed by atoms with Gasteiger partial charge in [-0.15, -0.1) is 10.2 Å². The molecule has 2 amide bonds. The lowest BCUT2D eigenvalue weighted by Gasteiger charge is -2.21. The Morgan fingerprint density at radius 2 is 1.34 bits per heavy atom. The standard InChI is InChI=1S/C20H20ClN3O3.C20H18ClN3O2/c1-12-15(9-10-17(22-3)18(12)21)11-16(13(2)25)20(27)24-23-19(26)14-7-5-4-6-8-14;1-12-15(9-10-17(22-3)18(12)21)11-16(13(2)25)20-24-23-19(26-20)14-7-5-4-6-8-14/h4-10,13,16,25H,11H2,1-2H3,(H,23,26)(H,24,27);4-10,13,16,25H,11H2,1-2H3/t2*13-,16+/m00/s1/i2*4D,5D,6D,7D,8D. The van der Waals surface area contributed by atoms with E-state index in [1.807, 2.05) is 5.43 Å². The van der Waals surface area contributed by atoms with Crippen LogP contribution in [0.5, 0.6) is 0 Å². The first-order valence-electron chi connectivity index (χ1n) is 20.7. The van der Waals surface area contributed by atoms with E-state index >= 15 is 0 Å². The Bertz CT molecular complexity index is 2650. The van der Waals surface area contributed by atoms with Gasteiger partial charge in [0, 0.05) is 11.1 Å². The molecule has 0 aliphatic heterocycles. The molecule has 0 bridgehead atoms. The van der Waals surface area contributed by atoms with Gasteiger partial charge in [-0.25, -0.2) is 9.69 Å². The molecule has 4 atom stereocenters. The van der Waals surface area contributed by atoms with Crippen LogP contribution in [0.1, 0.15) is 72.0 Å². The third-order valence-corrected chi connectivity index (χ3v) is 9.03. The second-order valence-corrected chi connectivity index (χ2v) is 12.3. The van der Waals surface area contributed by atoms with Crippen LogP contribution in [-0.2, 0) is 17.6 Å². The summed E-state index contributed by atoms with van der Waals surface area (Å²) in [7, 11) is 0. The first-order valence-corrected chi connectivity index (χ1v) is 16.5. The molecule has 53 heavy (non-hydrogen) atoms. The van der Waals surface area contributed by atoms with Crippen molar-refractivity contribution in [2.24, 2.45) is 5.92 Å². The van der Waals surface area contributed by atoms with Crippen molar-refractivity contribution in [1.29, 1.82) is 0 Å². The maximum Gasteiger partial charge on any atom is 0.269 e. The molecule has 0 aliphatic carbocycles. The van der Waals surface area contributed by atoms with E-state index in [-0.39, 0.29) is 40.9 Å². The molecule has 1 aromatic heterocycles. The fourth-order valence-corrected chi connectivity index (χ4v) is 5.39. The van der Waals surface area contributed by atoms with Gasteiger partial charge in [0.1, 0.15) is 0 Å². The Kier molecular flexibility index (Phi) is 9.93. The Labute approximate surface area is 332 Å². The average Bonchev–Trinajstić information content (AvgIpc) is 3.73. The number of hydrazine groups is 1. The number of nitrogens with zero attached hydrogens (tertiary/aromatic N) is 4. The van der Waals surface area contributed by atoms with Crippen LogP contribution in [0.25, 0.3) is 21.1 Å². The molecule has 0 fully saturated rings. The van der Waals surface area contributed by atoms with Crippen molar-refractivity contribution in [2.75, 3.05) is 0 Å². The summed E-state index contributed by atoms with van der Waals surface area (Å²) in [5.74, 6) is -3.67. The second kappa shape index (κ2) is 18.8. The van der Waals surface area contributed by atoms with Gasteiger partial charge in [-0.3, -0.25) is 20.4 Å². The van der Waals surface area contributed by atoms with Crippen molar-refractivity contribution in [3.05, 3.63) is 151 Å². The summed E-state index contributed by atoms with van der Waals surface area (Å²) < 4.78 is 83.5. The van der Waals surface area contributed by atoms with Gasteiger partial charge < -0.3 is 14.6 Å². The largest absolute Gasteiger partial charge is 0.420 e. The number of carbonyl (C=O) groups excluding carboxylic acids is 2. The topological polar surface area (TPSA) is 146 Å². The molecule has 4 N–H and O–H groups in total. The quantitative estimate of drug-likeness (QED) is 0.0830. The normalized spacial score (nSPS) is 15.5. The minimum absolute atomic E-state index is 0.0534. The van der Waals surface area contributed by atoms with Crippen molar-refractivity contribution in [3.8, 4) is 11.5 Å².